The van der Waals surface area contributed by atoms with Crippen LogP contribution in [0.15, 0.2) is 47.4 Å². The molecule has 1 N–H and O–H groups in total. The number of hydrogen-bond acceptors (Lipinski definition) is 6. The molecule has 2 atom stereocenters. The van der Waals surface area contributed by atoms with Crippen LogP contribution in [-0.2, 0) is 4.74 Å². The van der Waals surface area contributed by atoms with Gasteiger partial charge in [0, 0.05) is 39.9 Å². The highest BCUT2D eigenvalue weighted by Gasteiger charge is 2.25. The number of likely N-dealkylation sites (tertiary alicyclic amines) is 1. The molecule has 7 heteroatoms. The van der Waals surface area contributed by atoms with Gasteiger partial charge in [0.15, 0.2) is 0 Å². The lowest BCUT2D eigenvalue weighted by molar-refractivity contribution is 0.0830. The number of piperidine rings is 1. The van der Waals surface area contributed by atoms with Crippen molar-refractivity contribution in [2.45, 2.75) is 25.0 Å². The lowest BCUT2D eigenvalue weighted by atomic mass is 10.0. The van der Waals surface area contributed by atoms with Gasteiger partial charge in [-0.15, -0.1) is 0 Å². The van der Waals surface area contributed by atoms with Crippen LogP contribution in [0.2, 0.25) is 0 Å². The molecule has 28 heavy (non-hydrogen) atoms. The van der Waals surface area contributed by atoms with Gasteiger partial charge in [0.1, 0.15) is 0 Å². The van der Waals surface area contributed by atoms with E-state index in [1.54, 1.807) is 24.1 Å². The summed E-state index contributed by atoms with van der Waals surface area (Å²) in [7, 11) is 3.58. The fourth-order valence-corrected chi connectivity index (χ4v) is 3.67. The van der Waals surface area contributed by atoms with Gasteiger partial charge >= 0.3 is 0 Å². The molecule has 152 valence electrons. The maximum Gasteiger partial charge on any atom is 0.269 e. The van der Waals surface area contributed by atoms with Crippen molar-refractivity contribution in [2.75, 3.05) is 51.8 Å². The van der Waals surface area contributed by atoms with Crippen molar-refractivity contribution in [3.63, 3.8) is 0 Å². The average Bonchev–Trinajstić information content (AvgIpc) is 2.72. The molecular formula is C21H30N4O3. The van der Waals surface area contributed by atoms with Gasteiger partial charge in [-0.2, -0.15) is 5.10 Å². The first-order valence-electron chi connectivity index (χ1n) is 9.83. The summed E-state index contributed by atoms with van der Waals surface area (Å²) < 4.78 is 6.68. The van der Waals surface area contributed by atoms with Gasteiger partial charge in [-0.1, -0.05) is 30.3 Å². The normalized spacial score (nSPS) is 18.8. The van der Waals surface area contributed by atoms with E-state index in [1.165, 1.54) is 0 Å². The van der Waals surface area contributed by atoms with Crippen LogP contribution in [-0.4, -0.2) is 66.7 Å². The van der Waals surface area contributed by atoms with E-state index in [0.717, 1.165) is 37.2 Å². The summed E-state index contributed by atoms with van der Waals surface area (Å²) >= 11 is 0. The van der Waals surface area contributed by atoms with Crippen LogP contribution in [0.1, 0.15) is 30.6 Å². The smallest absolute Gasteiger partial charge is 0.269 e. The van der Waals surface area contributed by atoms with Gasteiger partial charge in [0.05, 0.1) is 30.6 Å². The number of anilines is 1. The first-order chi connectivity index (χ1) is 13.6. The number of aromatic nitrogens is 2. The molecule has 0 bridgehead atoms. The molecule has 0 unspecified atom stereocenters. The van der Waals surface area contributed by atoms with E-state index < -0.39 is 6.10 Å². The van der Waals surface area contributed by atoms with Gasteiger partial charge in [-0.3, -0.25) is 9.69 Å². The minimum Gasteiger partial charge on any atom is -0.387 e. The number of methoxy groups -OCH3 is 1. The van der Waals surface area contributed by atoms with Crippen LogP contribution < -0.4 is 10.5 Å². The topological polar surface area (TPSA) is 70.8 Å². The third kappa shape index (κ3) is 5.19. The number of β-amino-alcohol motifs (C(OH)–C–C–N with tert-alkyl or cyclic N) is 1. The lowest BCUT2D eigenvalue weighted by Crippen LogP contribution is -2.42. The number of nitrogens with zero attached hydrogens (tertiary/aromatic N) is 4. The Morgan fingerprint density at radius 3 is 2.86 bits per heavy atom. The average molecular weight is 386 g/mol. The molecule has 7 nitrogen and oxygen atoms in total. The number of likely N-dealkylation sites (N-methyl/N-ethyl adjacent to an activating group) is 1. The highest BCUT2D eigenvalue weighted by molar-refractivity contribution is 5.41. The maximum absolute atomic E-state index is 12.6. The number of ether oxygens (including phenoxy) is 1. The van der Waals surface area contributed by atoms with E-state index in [9.17, 15) is 9.90 Å². The van der Waals surface area contributed by atoms with Gasteiger partial charge in [-0.05, 0) is 24.9 Å². The molecule has 0 aliphatic carbocycles. The summed E-state index contributed by atoms with van der Waals surface area (Å²) in [5.41, 5.74) is 1.63. The van der Waals surface area contributed by atoms with Crippen molar-refractivity contribution in [1.82, 2.24) is 14.7 Å². The summed E-state index contributed by atoms with van der Waals surface area (Å²) in [6.45, 7) is 3.51. The zero-order valence-electron chi connectivity index (χ0n) is 16.7. The Morgan fingerprint density at radius 1 is 1.36 bits per heavy atom. The van der Waals surface area contributed by atoms with E-state index in [1.807, 2.05) is 42.3 Å². The Balaban J connectivity index is 1.64. The maximum atomic E-state index is 12.6. The second-order valence-corrected chi connectivity index (χ2v) is 7.39. The van der Waals surface area contributed by atoms with Crippen LogP contribution in [0.5, 0.6) is 0 Å². The number of benzene rings is 1. The van der Waals surface area contributed by atoms with Crippen molar-refractivity contribution in [3.05, 3.63) is 58.5 Å². The number of aliphatic hydroxyl groups excluding tert-OH is 1. The molecule has 1 aliphatic heterocycles. The Hall–Kier alpha value is -2.22. The molecule has 1 saturated heterocycles. The Kier molecular flexibility index (Phi) is 7.19. The van der Waals surface area contributed by atoms with Crippen LogP contribution in [0.4, 0.5) is 5.69 Å². The van der Waals surface area contributed by atoms with E-state index in [-0.39, 0.29) is 11.6 Å². The van der Waals surface area contributed by atoms with Gasteiger partial charge in [0.2, 0.25) is 0 Å². The van der Waals surface area contributed by atoms with Crippen LogP contribution in [0, 0.1) is 0 Å². The van der Waals surface area contributed by atoms with Gasteiger partial charge in [-0.25, -0.2) is 4.68 Å². The molecule has 0 amide bonds. The highest BCUT2D eigenvalue weighted by atomic mass is 16.5. The van der Waals surface area contributed by atoms with Crippen molar-refractivity contribution < 1.29 is 9.84 Å². The Morgan fingerprint density at radius 2 is 2.14 bits per heavy atom. The first kappa shape index (κ1) is 20.5. The molecule has 2 heterocycles. The largest absolute Gasteiger partial charge is 0.387 e. The van der Waals surface area contributed by atoms with Crippen molar-refractivity contribution in [3.8, 4) is 0 Å². The number of rotatable bonds is 8. The lowest BCUT2D eigenvalue weighted by Gasteiger charge is -2.34. The predicted octanol–water partition coefficient (Wildman–Crippen LogP) is 1.70. The molecule has 1 aromatic heterocycles. The molecule has 1 aliphatic rings. The highest BCUT2D eigenvalue weighted by Crippen LogP contribution is 2.22. The summed E-state index contributed by atoms with van der Waals surface area (Å²) in [5, 5.41) is 14.9. The third-order valence-electron chi connectivity index (χ3n) is 5.33. The van der Waals surface area contributed by atoms with Crippen LogP contribution in [0.25, 0.3) is 0 Å². The summed E-state index contributed by atoms with van der Waals surface area (Å²) in [6, 6.07) is 11.4. The fraction of sp³-hybridized carbons (Fsp3) is 0.524. The Bertz CT molecular complexity index is 796. The molecule has 1 fully saturated rings. The van der Waals surface area contributed by atoms with Gasteiger partial charge in [0.25, 0.3) is 5.56 Å². The van der Waals surface area contributed by atoms with Gasteiger partial charge < -0.3 is 14.7 Å². The molecule has 0 radical (unpaired) electrons. The number of aliphatic hydroxyl groups is 1. The van der Waals surface area contributed by atoms with Crippen molar-refractivity contribution >= 4 is 5.69 Å². The second-order valence-electron chi connectivity index (χ2n) is 7.39. The minimum atomic E-state index is -0.526. The summed E-state index contributed by atoms with van der Waals surface area (Å²) in [4.78, 5) is 16.8. The fourth-order valence-electron chi connectivity index (χ4n) is 3.67. The molecule has 0 spiro atoms. The van der Waals surface area contributed by atoms with E-state index >= 15 is 0 Å². The second kappa shape index (κ2) is 9.82. The molecule has 1 aromatic carbocycles. The summed E-state index contributed by atoms with van der Waals surface area (Å²) in [5.74, 6) is 0. The van der Waals surface area contributed by atoms with Crippen molar-refractivity contribution in [1.29, 1.82) is 0 Å². The minimum absolute atomic E-state index is 0.0301. The van der Waals surface area contributed by atoms with Crippen molar-refractivity contribution in [2.24, 2.45) is 0 Å². The third-order valence-corrected chi connectivity index (χ3v) is 5.33. The van der Waals surface area contributed by atoms with Crippen LogP contribution >= 0.6 is 0 Å². The number of hydrogen-bond donors (Lipinski definition) is 1. The van der Waals surface area contributed by atoms with E-state index in [0.29, 0.717) is 19.7 Å². The van der Waals surface area contributed by atoms with E-state index in [2.05, 4.69) is 10.00 Å². The molecule has 2 aromatic rings. The SMILES string of the molecule is COCCN(C)c1cnn([C@H]2CCCN(C[C@H](O)c3ccccc3)C2)c(=O)c1. The summed E-state index contributed by atoms with van der Waals surface area (Å²) in [6.07, 6.45) is 3.12. The monoisotopic (exact) mass is 386 g/mol. The molecular weight excluding hydrogens is 356 g/mol. The zero-order chi connectivity index (χ0) is 19.9. The molecule has 3 rings (SSSR count). The zero-order valence-corrected chi connectivity index (χ0v) is 16.7. The molecule has 0 saturated carbocycles. The first-order valence-corrected chi connectivity index (χ1v) is 9.83. The quantitative estimate of drug-likeness (QED) is 0.745. The van der Waals surface area contributed by atoms with E-state index in [4.69, 9.17) is 4.74 Å². The Labute approximate surface area is 166 Å². The standard InChI is InChI=1S/C21H30N4O3/c1-23(11-12-28-2)19-13-21(27)25(22-14-19)18-9-6-10-24(15-18)16-20(26)17-7-4-3-5-8-17/h3-5,7-8,13-14,18,20,26H,6,9-12,15-16H2,1-2H3/t18-,20-/m0/s1. The van der Waals surface area contributed by atoms with Crippen LogP contribution in [0.3, 0.4) is 0 Å². The predicted molar refractivity (Wildman–Crippen MR) is 110 cm³/mol.